The number of halogens is 4. The second-order valence-electron chi connectivity index (χ2n) is 5.89. The van der Waals surface area contributed by atoms with Crippen molar-refractivity contribution in [3.63, 3.8) is 0 Å². The van der Waals surface area contributed by atoms with Crippen LogP contribution in [0, 0.1) is 5.82 Å². The van der Waals surface area contributed by atoms with Crippen LogP contribution in [0.25, 0.3) is 11.3 Å². The minimum atomic E-state index is -4.41. The van der Waals surface area contributed by atoms with Crippen LogP contribution in [0.15, 0.2) is 28.7 Å². The predicted molar refractivity (Wildman–Crippen MR) is 81.5 cm³/mol. The van der Waals surface area contributed by atoms with Crippen molar-refractivity contribution in [2.24, 2.45) is 0 Å². The van der Waals surface area contributed by atoms with E-state index in [0.29, 0.717) is 30.3 Å². The van der Waals surface area contributed by atoms with Crippen molar-refractivity contribution in [2.45, 2.75) is 31.5 Å². The Kier molecular flexibility index (Phi) is 5.39. The molecular weight excluding hydrogens is 340 g/mol. The Bertz CT molecular complexity index is 692. The van der Waals surface area contributed by atoms with Gasteiger partial charge in [-0.1, -0.05) is 0 Å². The molecular formula is C17H17F4N2O2. The van der Waals surface area contributed by atoms with E-state index in [1.54, 1.807) is 0 Å². The molecule has 2 heterocycles. The minimum absolute atomic E-state index is 0.0769. The van der Waals surface area contributed by atoms with Gasteiger partial charge in [-0.15, -0.1) is 0 Å². The standard InChI is InChI=1S/C17H17F4N2O2/c18-13-3-1-11(2-4-13)15-14(9-24-10-17(19,20)21)23-16(25-15)12-5-7-22-8-6-12/h1-4,12H,5-10H2. The molecule has 135 valence electrons. The molecule has 0 atom stereocenters. The lowest BCUT2D eigenvalue weighted by molar-refractivity contribution is -0.176. The summed E-state index contributed by atoms with van der Waals surface area (Å²) in [5.41, 5.74) is 0.833. The van der Waals surface area contributed by atoms with E-state index < -0.39 is 18.6 Å². The lowest BCUT2D eigenvalue weighted by Crippen LogP contribution is -2.21. The van der Waals surface area contributed by atoms with Crippen molar-refractivity contribution >= 4 is 0 Å². The summed E-state index contributed by atoms with van der Waals surface area (Å²) in [6.07, 6.45) is -2.84. The SMILES string of the molecule is Fc1ccc(-c2oc(C3CC[N]CC3)nc2COCC(F)(F)F)cc1. The first-order valence-corrected chi connectivity index (χ1v) is 7.95. The fourth-order valence-electron chi connectivity index (χ4n) is 2.73. The van der Waals surface area contributed by atoms with Crippen LogP contribution in [0.2, 0.25) is 0 Å². The highest BCUT2D eigenvalue weighted by Crippen LogP contribution is 2.32. The first-order chi connectivity index (χ1) is 11.9. The number of oxazole rings is 1. The van der Waals surface area contributed by atoms with Crippen molar-refractivity contribution in [2.75, 3.05) is 19.7 Å². The molecule has 4 nitrogen and oxygen atoms in total. The summed E-state index contributed by atoms with van der Waals surface area (Å²) in [6.45, 7) is -0.273. The molecule has 0 spiro atoms. The van der Waals surface area contributed by atoms with Gasteiger partial charge in [0.05, 0.1) is 6.61 Å². The number of hydrogen-bond acceptors (Lipinski definition) is 3. The zero-order valence-corrected chi connectivity index (χ0v) is 13.4. The van der Waals surface area contributed by atoms with Crippen molar-refractivity contribution in [1.29, 1.82) is 0 Å². The van der Waals surface area contributed by atoms with Gasteiger partial charge in [-0.25, -0.2) is 14.7 Å². The van der Waals surface area contributed by atoms with Crippen molar-refractivity contribution < 1.29 is 26.7 Å². The van der Waals surface area contributed by atoms with Crippen LogP contribution in [0.4, 0.5) is 17.6 Å². The average molecular weight is 357 g/mol. The third-order valence-corrected chi connectivity index (χ3v) is 3.95. The smallest absolute Gasteiger partial charge is 0.411 e. The summed E-state index contributed by atoms with van der Waals surface area (Å²) in [5.74, 6) is 0.458. The number of piperidine rings is 1. The zero-order chi connectivity index (χ0) is 17.9. The second kappa shape index (κ2) is 7.53. The van der Waals surface area contributed by atoms with E-state index in [1.807, 2.05) is 0 Å². The maximum Gasteiger partial charge on any atom is 0.411 e. The molecule has 25 heavy (non-hydrogen) atoms. The number of alkyl halides is 3. The quantitative estimate of drug-likeness (QED) is 0.759. The Balaban J connectivity index is 1.84. The highest BCUT2D eigenvalue weighted by Gasteiger charge is 2.29. The zero-order valence-electron chi connectivity index (χ0n) is 13.4. The molecule has 0 amide bonds. The van der Waals surface area contributed by atoms with Gasteiger partial charge < -0.3 is 9.15 Å². The molecule has 0 unspecified atom stereocenters. The third-order valence-electron chi connectivity index (χ3n) is 3.95. The van der Waals surface area contributed by atoms with Gasteiger partial charge in [0.1, 0.15) is 18.1 Å². The molecule has 1 radical (unpaired) electrons. The molecule has 1 aromatic heterocycles. The van der Waals surface area contributed by atoms with Crippen LogP contribution in [0.1, 0.15) is 30.3 Å². The number of rotatable bonds is 5. The molecule has 2 aromatic rings. The van der Waals surface area contributed by atoms with Gasteiger partial charge in [-0.2, -0.15) is 13.2 Å². The highest BCUT2D eigenvalue weighted by atomic mass is 19.4. The van der Waals surface area contributed by atoms with E-state index in [9.17, 15) is 17.6 Å². The average Bonchev–Trinajstić information content (AvgIpc) is 2.99. The fraction of sp³-hybridized carbons (Fsp3) is 0.471. The summed E-state index contributed by atoms with van der Waals surface area (Å²) in [5, 5.41) is 4.27. The maximum absolute atomic E-state index is 13.1. The molecule has 1 aliphatic rings. The van der Waals surface area contributed by atoms with E-state index in [2.05, 4.69) is 10.3 Å². The summed E-state index contributed by atoms with van der Waals surface area (Å²) >= 11 is 0. The van der Waals surface area contributed by atoms with Crippen molar-refractivity contribution in [1.82, 2.24) is 10.3 Å². The third kappa shape index (κ3) is 4.79. The number of hydrogen-bond donors (Lipinski definition) is 0. The molecule has 3 rings (SSSR count). The van der Waals surface area contributed by atoms with E-state index in [0.717, 1.165) is 12.8 Å². The second-order valence-corrected chi connectivity index (χ2v) is 5.89. The van der Waals surface area contributed by atoms with Gasteiger partial charge in [-0.3, -0.25) is 0 Å². The predicted octanol–water partition coefficient (Wildman–Crippen LogP) is 4.04. The van der Waals surface area contributed by atoms with Gasteiger partial charge in [0, 0.05) is 24.6 Å². The molecule has 0 saturated carbocycles. The van der Waals surface area contributed by atoms with Crippen molar-refractivity contribution in [3.8, 4) is 11.3 Å². The lowest BCUT2D eigenvalue weighted by Gasteiger charge is -2.18. The number of benzene rings is 1. The Morgan fingerprint density at radius 2 is 1.80 bits per heavy atom. The molecule has 0 N–H and O–H groups in total. The van der Waals surface area contributed by atoms with Crippen LogP contribution >= 0.6 is 0 Å². The Labute approximate surface area is 142 Å². The Morgan fingerprint density at radius 3 is 2.44 bits per heavy atom. The first-order valence-electron chi connectivity index (χ1n) is 7.95. The first kappa shape index (κ1) is 17.9. The number of nitrogens with zero attached hydrogens (tertiary/aromatic N) is 2. The lowest BCUT2D eigenvalue weighted by atomic mass is 9.98. The van der Waals surface area contributed by atoms with E-state index in [1.165, 1.54) is 24.3 Å². The Hall–Kier alpha value is -1.93. The Morgan fingerprint density at radius 1 is 1.12 bits per heavy atom. The maximum atomic E-state index is 13.1. The molecule has 0 aliphatic carbocycles. The largest absolute Gasteiger partial charge is 0.440 e. The van der Waals surface area contributed by atoms with E-state index in [-0.39, 0.29) is 18.2 Å². The molecule has 0 bridgehead atoms. The summed E-state index contributed by atoms with van der Waals surface area (Å²) in [4.78, 5) is 4.36. The minimum Gasteiger partial charge on any atom is -0.440 e. The van der Waals surface area contributed by atoms with E-state index in [4.69, 9.17) is 9.15 Å². The monoisotopic (exact) mass is 357 g/mol. The summed E-state index contributed by atoms with van der Waals surface area (Å²) < 4.78 is 60.6. The highest BCUT2D eigenvalue weighted by molar-refractivity contribution is 5.59. The van der Waals surface area contributed by atoms with Crippen LogP contribution in [-0.4, -0.2) is 30.9 Å². The molecule has 1 aromatic carbocycles. The van der Waals surface area contributed by atoms with Gasteiger partial charge in [0.15, 0.2) is 11.7 Å². The molecule has 1 saturated heterocycles. The van der Waals surface area contributed by atoms with Crippen molar-refractivity contribution in [3.05, 3.63) is 41.7 Å². The van der Waals surface area contributed by atoms with Gasteiger partial charge >= 0.3 is 6.18 Å². The van der Waals surface area contributed by atoms with Gasteiger partial charge in [0.2, 0.25) is 0 Å². The van der Waals surface area contributed by atoms with Crippen LogP contribution in [0.5, 0.6) is 0 Å². The fourth-order valence-corrected chi connectivity index (χ4v) is 2.73. The molecule has 1 fully saturated rings. The normalized spacial score (nSPS) is 16.3. The van der Waals surface area contributed by atoms with Crippen LogP contribution in [0.3, 0.4) is 0 Å². The van der Waals surface area contributed by atoms with Crippen LogP contribution < -0.4 is 5.32 Å². The topological polar surface area (TPSA) is 49.4 Å². The van der Waals surface area contributed by atoms with Gasteiger partial charge in [0.25, 0.3) is 0 Å². The number of ether oxygens (including phenoxy) is 1. The molecule has 8 heteroatoms. The molecule has 1 aliphatic heterocycles. The summed E-state index contributed by atoms with van der Waals surface area (Å²) in [6, 6.07) is 5.53. The van der Waals surface area contributed by atoms with Gasteiger partial charge in [-0.05, 0) is 37.1 Å². The summed E-state index contributed by atoms with van der Waals surface area (Å²) in [7, 11) is 0. The van der Waals surface area contributed by atoms with Crippen LogP contribution in [-0.2, 0) is 11.3 Å². The number of aromatic nitrogens is 1. The van der Waals surface area contributed by atoms with E-state index >= 15 is 0 Å².